The number of halogens is 1. The van der Waals surface area contributed by atoms with E-state index in [9.17, 15) is 9.18 Å². The molecule has 1 aromatic carbocycles. The summed E-state index contributed by atoms with van der Waals surface area (Å²) in [5, 5.41) is 11.9. The van der Waals surface area contributed by atoms with Crippen molar-refractivity contribution in [2.45, 2.75) is 45.4 Å². The van der Waals surface area contributed by atoms with E-state index in [1.54, 1.807) is 12.1 Å². The molecule has 1 N–H and O–H groups in total. The van der Waals surface area contributed by atoms with Gasteiger partial charge in [0.1, 0.15) is 5.82 Å². The van der Waals surface area contributed by atoms with Gasteiger partial charge in [0.05, 0.1) is 12.0 Å². The van der Waals surface area contributed by atoms with Crippen molar-refractivity contribution in [3.63, 3.8) is 0 Å². The van der Waals surface area contributed by atoms with Crippen molar-refractivity contribution in [3.8, 4) is 0 Å². The van der Waals surface area contributed by atoms with Crippen molar-refractivity contribution in [3.05, 3.63) is 58.3 Å². The van der Waals surface area contributed by atoms with E-state index in [1.165, 1.54) is 12.1 Å². The van der Waals surface area contributed by atoms with Gasteiger partial charge >= 0.3 is 0 Å². The zero-order valence-electron chi connectivity index (χ0n) is 14.8. The number of azo groups is 1. The molecule has 1 aliphatic carbocycles. The van der Waals surface area contributed by atoms with E-state index in [1.807, 2.05) is 0 Å². The second-order valence-electron chi connectivity index (χ2n) is 7.91. The minimum absolute atomic E-state index is 0.0843. The summed E-state index contributed by atoms with van der Waals surface area (Å²) >= 11 is 0. The number of nitrogens with one attached hydrogen (secondary N) is 1. The van der Waals surface area contributed by atoms with Gasteiger partial charge in [-0.15, -0.1) is 5.11 Å². The predicted octanol–water partition coefficient (Wildman–Crippen LogP) is 4.40. The lowest BCUT2D eigenvalue weighted by molar-refractivity contribution is -0.118. The Bertz CT molecular complexity index is 848. The zero-order valence-corrected chi connectivity index (χ0v) is 14.8. The summed E-state index contributed by atoms with van der Waals surface area (Å²) in [6.45, 7) is 6.78. The summed E-state index contributed by atoms with van der Waals surface area (Å²) in [6, 6.07) is 6.53. The number of allylic oxidation sites excluding steroid dienone is 2. The Balaban J connectivity index is 1.98. The summed E-state index contributed by atoms with van der Waals surface area (Å²) in [6.07, 6.45) is 2.03. The second kappa shape index (κ2) is 5.35. The van der Waals surface area contributed by atoms with Gasteiger partial charge < -0.3 is 5.32 Å². The number of ketones is 1. The molecular weight excluding hydrogens is 317 g/mol. The first-order valence-electron chi connectivity index (χ1n) is 8.78. The van der Waals surface area contributed by atoms with Crippen molar-refractivity contribution in [2.75, 3.05) is 6.54 Å². The van der Waals surface area contributed by atoms with Crippen molar-refractivity contribution in [1.29, 1.82) is 0 Å². The van der Waals surface area contributed by atoms with Crippen molar-refractivity contribution in [2.24, 2.45) is 15.6 Å². The van der Waals surface area contributed by atoms with Gasteiger partial charge in [-0.1, -0.05) is 32.9 Å². The summed E-state index contributed by atoms with van der Waals surface area (Å²) in [5.74, 6) is 0.656. The number of nitrogens with zero attached hydrogens (tertiary/aromatic N) is 2. The van der Waals surface area contributed by atoms with Gasteiger partial charge in [-0.3, -0.25) is 4.79 Å². The van der Waals surface area contributed by atoms with Crippen molar-refractivity contribution in [1.82, 2.24) is 5.32 Å². The second-order valence-corrected chi connectivity index (χ2v) is 7.91. The van der Waals surface area contributed by atoms with Crippen LogP contribution in [0.1, 0.15) is 45.6 Å². The molecule has 4 rings (SSSR count). The van der Waals surface area contributed by atoms with Crippen LogP contribution >= 0.6 is 0 Å². The van der Waals surface area contributed by atoms with Gasteiger partial charge in [0.2, 0.25) is 0 Å². The Morgan fingerprint density at radius 2 is 1.92 bits per heavy atom. The van der Waals surface area contributed by atoms with Gasteiger partial charge in [0, 0.05) is 23.3 Å². The van der Waals surface area contributed by atoms with Crippen LogP contribution in [0.15, 0.2) is 57.2 Å². The minimum atomic E-state index is -0.569. The smallest absolute Gasteiger partial charge is 0.162 e. The molecule has 5 heteroatoms. The highest BCUT2D eigenvalue weighted by atomic mass is 19.1. The van der Waals surface area contributed by atoms with Crippen LogP contribution in [0.25, 0.3) is 0 Å². The zero-order chi connectivity index (χ0) is 17.8. The summed E-state index contributed by atoms with van der Waals surface area (Å²) in [4.78, 5) is 13.2. The first kappa shape index (κ1) is 16.2. The van der Waals surface area contributed by atoms with Crippen LogP contribution in [-0.4, -0.2) is 12.3 Å². The normalized spacial score (nSPS) is 27.3. The third kappa shape index (κ3) is 2.29. The molecule has 0 spiro atoms. The molecule has 4 nitrogen and oxygen atoms in total. The topological polar surface area (TPSA) is 53.8 Å². The number of rotatable bonds is 2. The quantitative estimate of drug-likeness (QED) is 0.868. The molecule has 25 heavy (non-hydrogen) atoms. The third-order valence-electron chi connectivity index (χ3n) is 5.64. The van der Waals surface area contributed by atoms with Crippen LogP contribution in [0.3, 0.4) is 0 Å². The Hall–Kier alpha value is -2.30. The molecule has 0 radical (unpaired) electrons. The molecule has 2 aliphatic heterocycles. The van der Waals surface area contributed by atoms with Crippen molar-refractivity contribution >= 4 is 5.78 Å². The molecule has 0 aromatic heterocycles. The highest BCUT2D eigenvalue weighted by molar-refractivity contribution is 6.01. The van der Waals surface area contributed by atoms with Crippen LogP contribution in [-0.2, 0) is 10.2 Å². The SMILES string of the molecule is CCC1(c2ccc(F)cc2)C2=C(N=NC2)NC2=C1C(=O)CC(C)(C)C2. The van der Waals surface area contributed by atoms with E-state index in [0.717, 1.165) is 41.1 Å². The molecule has 1 atom stereocenters. The Labute approximate surface area is 146 Å². The number of carbonyl (C=O) groups excluding carboxylic acids is 1. The van der Waals surface area contributed by atoms with E-state index in [0.29, 0.717) is 13.0 Å². The van der Waals surface area contributed by atoms with E-state index in [-0.39, 0.29) is 17.0 Å². The predicted molar refractivity (Wildman–Crippen MR) is 93.3 cm³/mol. The Morgan fingerprint density at radius 3 is 2.60 bits per heavy atom. The van der Waals surface area contributed by atoms with E-state index >= 15 is 0 Å². The average molecular weight is 339 g/mol. The number of dihydropyridines is 1. The average Bonchev–Trinajstić information content (AvgIpc) is 3.01. The molecule has 3 aliphatic rings. The molecule has 0 fully saturated rings. The maximum Gasteiger partial charge on any atom is 0.162 e. The fourth-order valence-electron chi connectivity index (χ4n) is 4.61. The molecule has 0 saturated carbocycles. The molecule has 0 bridgehead atoms. The summed E-state index contributed by atoms with van der Waals surface area (Å²) < 4.78 is 13.5. The Kier molecular flexibility index (Phi) is 3.46. The fourth-order valence-corrected chi connectivity index (χ4v) is 4.61. The van der Waals surface area contributed by atoms with Gasteiger partial charge in [-0.25, -0.2) is 4.39 Å². The van der Waals surface area contributed by atoms with Gasteiger partial charge in [0.15, 0.2) is 11.6 Å². The number of hydrogen-bond acceptors (Lipinski definition) is 4. The van der Waals surface area contributed by atoms with Crippen LogP contribution in [0.2, 0.25) is 0 Å². The number of hydrogen-bond donors (Lipinski definition) is 1. The maximum absolute atomic E-state index is 13.5. The first-order valence-corrected chi connectivity index (χ1v) is 8.78. The summed E-state index contributed by atoms with van der Waals surface area (Å²) in [5.41, 5.74) is 3.09. The van der Waals surface area contributed by atoms with Crippen molar-refractivity contribution < 1.29 is 9.18 Å². The highest BCUT2D eigenvalue weighted by Gasteiger charge is 2.51. The minimum Gasteiger partial charge on any atom is -0.342 e. The number of benzene rings is 1. The lowest BCUT2D eigenvalue weighted by Crippen LogP contribution is -2.46. The lowest BCUT2D eigenvalue weighted by atomic mass is 9.59. The fraction of sp³-hybridized carbons (Fsp3) is 0.450. The third-order valence-corrected chi connectivity index (χ3v) is 5.64. The van der Waals surface area contributed by atoms with E-state index in [2.05, 4.69) is 36.3 Å². The molecule has 130 valence electrons. The van der Waals surface area contributed by atoms with Crippen LogP contribution in [0, 0.1) is 11.2 Å². The molecular formula is C20H22FN3O. The van der Waals surface area contributed by atoms with Crippen LogP contribution in [0.5, 0.6) is 0 Å². The van der Waals surface area contributed by atoms with E-state index < -0.39 is 5.41 Å². The lowest BCUT2D eigenvalue weighted by Gasteiger charge is -2.45. The molecule has 1 unspecified atom stereocenters. The number of carbonyl (C=O) groups is 1. The van der Waals surface area contributed by atoms with E-state index in [4.69, 9.17) is 0 Å². The monoisotopic (exact) mass is 339 g/mol. The van der Waals surface area contributed by atoms with Gasteiger partial charge in [-0.05, 0) is 36.0 Å². The Morgan fingerprint density at radius 1 is 1.20 bits per heavy atom. The molecule has 0 saturated heterocycles. The van der Waals surface area contributed by atoms with Gasteiger partial charge in [0.25, 0.3) is 0 Å². The summed E-state index contributed by atoms with van der Waals surface area (Å²) in [7, 11) is 0. The standard InChI is InChI=1S/C20H22FN3O/c1-4-20(12-5-7-13(21)8-6-12)14-11-22-24-18(14)23-15-9-19(2,3)10-16(25)17(15)20/h5-8,23H,4,9-11H2,1-3H3. The van der Waals surface area contributed by atoms with Crippen LogP contribution in [0.4, 0.5) is 4.39 Å². The molecule has 2 heterocycles. The highest BCUT2D eigenvalue weighted by Crippen LogP contribution is 2.53. The van der Waals surface area contributed by atoms with Gasteiger partial charge in [-0.2, -0.15) is 5.11 Å². The number of Topliss-reactive ketones (excluding diaryl/α,β-unsaturated/α-hetero) is 1. The first-order chi connectivity index (χ1) is 11.9. The maximum atomic E-state index is 13.5. The largest absolute Gasteiger partial charge is 0.342 e. The molecule has 0 amide bonds. The van der Waals surface area contributed by atoms with Crippen LogP contribution < -0.4 is 5.32 Å². The molecule has 1 aromatic rings.